The zero-order valence-electron chi connectivity index (χ0n) is 14.0. The van der Waals surface area contributed by atoms with Crippen LogP contribution in [0.25, 0.3) is 15.9 Å². The summed E-state index contributed by atoms with van der Waals surface area (Å²) in [5.74, 6) is 0.330. The molecule has 8 heteroatoms. The molecule has 0 atom stereocenters. The molecule has 0 bridgehead atoms. The number of hydrogen-bond acceptors (Lipinski definition) is 6. The first-order chi connectivity index (χ1) is 12.8. The minimum atomic E-state index is -0.185. The summed E-state index contributed by atoms with van der Waals surface area (Å²) in [4.78, 5) is 7.37. The van der Waals surface area contributed by atoms with Crippen LogP contribution < -0.4 is 0 Å². The molecule has 0 amide bonds. The Bertz CT molecular complexity index is 1130. The molecule has 0 fully saturated rings. The Morgan fingerprint density at radius 2 is 2.08 bits per heavy atom. The maximum Gasteiger partial charge on any atom is 0.198 e. The maximum atomic E-state index is 13.9. The van der Waals surface area contributed by atoms with Gasteiger partial charge in [0.1, 0.15) is 10.6 Å². The molecule has 4 nitrogen and oxygen atoms in total. The highest BCUT2D eigenvalue weighted by Gasteiger charge is 2.24. The molecule has 0 aliphatic heterocycles. The first-order valence-corrected chi connectivity index (χ1v) is 11.4. The summed E-state index contributed by atoms with van der Waals surface area (Å²) in [6.45, 7) is 0. The quantitative estimate of drug-likeness (QED) is 0.356. The minimum absolute atomic E-state index is 0.185. The van der Waals surface area contributed by atoms with E-state index in [1.54, 1.807) is 29.2 Å². The fourth-order valence-electron chi connectivity index (χ4n) is 3.43. The first kappa shape index (κ1) is 16.5. The predicted molar refractivity (Wildman–Crippen MR) is 106 cm³/mol. The van der Waals surface area contributed by atoms with Crippen molar-refractivity contribution in [2.24, 2.45) is 0 Å². The van der Waals surface area contributed by atoms with Gasteiger partial charge < -0.3 is 0 Å². The summed E-state index contributed by atoms with van der Waals surface area (Å²) in [5, 5.41) is 11.7. The van der Waals surface area contributed by atoms with Crippen LogP contribution in [0.3, 0.4) is 0 Å². The van der Waals surface area contributed by atoms with Crippen molar-refractivity contribution in [3.8, 4) is 0 Å². The Hall–Kier alpha value is -1.64. The number of aryl methyl sites for hydroxylation is 2. The fourth-order valence-corrected chi connectivity index (χ4v) is 6.26. The molecule has 1 aromatic carbocycles. The lowest BCUT2D eigenvalue weighted by atomic mass is 10.2. The monoisotopic (exact) mass is 402 g/mol. The molecule has 0 saturated heterocycles. The zero-order valence-corrected chi connectivity index (χ0v) is 16.5. The lowest BCUT2D eigenvalue weighted by Crippen LogP contribution is -1.97. The third-order valence-electron chi connectivity index (χ3n) is 4.65. The molecule has 0 unspecified atom stereocenters. The minimum Gasteiger partial charge on any atom is -0.248 e. The van der Waals surface area contributed by atoms with Gasteiger partial charge >= 0.3 is 0 Å². The van der Waals surface area contributed by atoms with Gasteiger partial charge in [0.2, 0.25) is 0 Å². The molecule has 3 heterocycles. The van der Waals surface area contributed by atoms with Crippen LogP contribution >= 0.6 is 34.9 Å². The van der Waals surface area contributed by atoms with Crippen LogP contribution in [-0.2, 0) is 18.6 Å². The van der Waals surface area contributed by atoms with E-state index in [2.05, 4.69) is 10.2 Å². The molecule has 0 spiro atoms. The number of halogens is 1. The Kier molecular flexibility index (Phi) is 4.14. The van der Waals surface area contributed by atoms with E-state index in [0.717, 1.165) is 39.0 Å². The highest BCUT2D eigenvalue weighted by molar-refractivity contribution is 7.99. The lowest BCUT2D eigenvalue weighted by Gasteiger charge is -2.06. The van der Waals surface area contributed by atoms with Gasteiger partial charge in [-0.2, -0.15) is 0 Å². The van der Waals surface area contributed by atoms with Crippen molar-refractivity contribution in [3.63, 3.8) is 0 Å². The van der Waals surface area contributed by atoms with Crippen molar-refractivity contribution in [1.29, 1.82) is 0 Å². The van der Waals surface area contributed by atoms with Gasteiger partial charge in [0.15, 0.2) is 16.0 Å². The van der Waals surface area contributed by atoms with Crippen LogP contribution in [0.5, 0.6) is 0 Å². The second-order valence-corrected chi connectivity index (χ2v) is 8.96. The van der Waals surface area contributed by atoms with E-state index in [-0.39, 0.29) is 5.82 Å². The van der Waals surface area contributed by atoms with Crippen LogP contribution in [0.15, 0.2) is 34.6 Å². The highest BCUT2D eigenvalue weighted by atomic mass is 32.2. The van der Waals surface area contributed by atoms with Crippen molar-refractivity contribution < 1.29 is 4.39 Å². The molecule has 132 valence electrons. The zero-order chi connectivity index (χ0) is 17.7. The number of thioether (sulfide) groups is 2. The molecule has 26 heavy (non-hydrogen) atoms. The van der Waals surface area contributed by atoms with Gasteiger partial charge in [0.25, 0.3) is 0 Å². The van der Waals surface area contributed by atoms with Crippen LogP contribution in [0.1, 0.15) is 22.4 Å². The van der Waals surface area contributed by atoms with Crippen molar-refractivity contribution in [2.45, 2.75) is 35.3 Å². The molecule has 0 radical (unpaired) electrons. The molecule has 1 aliphatic rings. The molecule has 0 saturated carbocycles. The van der Waals surface area contributed by atoms with Gasteiger partial charge in [-0.1, -0.05) is 41.7 Å². The Balaban J connectivity index is 1.62. The largest absolute Gasteiger partial charge is 0.248 e. The normalized spacial score (nSPS) is 13.8. The molecule has 0 N–H and O–H groups in total. The van der Waals surface area contributed by atoms with Gasteiger partial charge in [-0.15, -0.1) is 21.5 Å². The SMILES string of the molecule is CSc1nc2sc3c(c2c2nnc(SCc4ccccc4F)n12)CCC3. The number of aromatic nitrogens is 4. The standard InChI is InChI=1S/C18H15FN4S3/c1-24-17-20-16-14(11-6-4-8-13(11)26-16)15-21-22-18(23(15)17)25-9-10-5-2-3-7-12(10)19/h2-3,5,7H,4,6,8-9H2,1H3. The van der Waals surface area contributed by atoms with E-state index < -0.39 is 0 Å². The van der Waals surface area contributed by atoms with E-state index in [1.807, 2.05) is 22.8 Å². The topological polar surface area (TPSA) is 43.1 Å². The molecule has 4 aromatic rings. The summed E-state index contributed by atoms with van der Waals surface area (Å²) < 4.78 is 16.0. The average molecular weight is 403 g/mol. The van der Waals surface area contributed by atoms with Gasteiger partial charge in [0.05, 0.1) is 5.39 Å². The smallest absolute Gasteiger partial charge is 0.198 e. The maximum absolute atomic E-state index is 13.9. The third-order valence-corrected chi connectivity index (χ3v) is 7.45. The van der Waals surface area contributed by atoms with Crippen LogP contribution in [0.4, 0.5) is 4.39 Å². The summed E-state index contributed by atoms with van der Waals surface area (Å²) in [7, 11) is 0. The Labute approximate surface area is 162 Å². The van der Waals surface area contributed by atoms with Crippen molar-refractivity contribution >= 4 is 50.7 Å². The van der Waals surface area contributed by atoms with Crippen LogP contribution in [-0.4, -0.2) is 25.8 Å². The molecular weight excluding hydrogens is 387 g/mol. The predicted octanol–water partition coefficient (Wildman–Crippen LogP) is 4.98. The van der Waals surface area contributed by atoms with Gasteiger partial charge in [0, 0.05) is 10.6 Å². The number of rotatable bonds is 4. The second kappa shape index (κ2) is 6.51. The van der Waals surface area contributed by atoms with E-state index >= 15 is 0 Å². The summed E-state index contributed by atoms with van der Waals surface area (Å²) >= 11 is 4.88. The van der Waals surface area contributed by atoms with Crippen LogP contribution in [0.2, 0.25) is 0 Å². The van der Waals surface area contributed by atoms with Crippen LogP contribution in [0, 0.1) is 5.82 Å². The molecule has 5 rings (SSSR count). The van der Waals surface area contributed by atoms with Crippen molar-refractivity contribution in [2.75, 3.05) is 6.26 Å². The summed E-state index contributed by atoms with van der Waals surface area (Å²) in [5.41, 5.74) is 2.95. The molecule has 1 aliphatic carbocycles. The van der Waals surface area contributed by atoms with E-state index in [4.69, 9.17) is 4.98 Å². The Morgan fingerprint density at radius 3 is 2.92 bits per heavy atom. The van der Waals surface area contributed by atoms with E-state index in [9.17, 15) is 4.39 Å². The highest BCUT2D eigenvalue weighted by Crippen LogP contribution is 2.40. The van der Waals surface area contributed by atoms with Crippen molar-refractivity contribution in [1.82, 2.24) is 19.6 Å². The second-order valence-electron chi connectivity index (χ2n) is 6.16. The summed E-state index contributed by atoms with van der Waals surface area (Å²) in [6, 6.07) is 6.86. The number of benzene rings is 1. The number of fused-ring (bicyclic) bond motifs is 5. The first-order valence-electron chi connectivity index (χ1n) is 8.36. The third kappa shape index (κ3) is 2.54. The van der Waals surface area contributed by atoms with E-state index in [1.165, 1.54) is 34.7 Å². The summed E-state index contributed by atoms with van der Waals surface area (Å²) in [6.07, 6.45) is 5.45. The Morgan fingerprint density at radius 1 is 1.19 bits per heavy atom. The van der Waals surface area contributed by atoms with E-state index in [0.29, 0.717) is 11.3 Å². The average Bonchev–Trinajstić information content (AvgIpc) is 3.34. The fraction of sp³-hybridized carbons (Fsp3) is 0.278. The van der Waals surface area contributed by atoms with Gasteiger partial charge in [-0.25, -0.2) is 13.8 Å². The number of nitrogens with zero attached hydrogens (tertiary/aromatic N) is 4. The number of hydrogen-bond donors (Lipinski definition) is 0. The number of thiophene rings is 1. The van der Waals surface area contributed by atoms with Gasteiger partial charge in [-0.05, 0) is 42.7 Å². The molecule has 3 aromatic heterocycles. The van der Waals surface area contributed by atoms with Crippen molar-refractivity contribution in [3.05, 3.63) is 46.1 Å². The lowest BCUT2D eigenvalue weighted by molar-refractivity contribution is 0.617. The molecular formula is C18H15FN4S3. The van der Waals surface area contributed by atoms with Gasteiger partial charge in [-0.3, -0.25) is 0 Å².